The van der Waals surface area contributed by atoms with Crippen molar-refractivity contribution in [2.45, 2.75) is 39.2 Å². The maximum absolute atomic E-state index is 13.6. The topological polar surface area (TPSA) is 84.6 Å². The lowest BCUT2D eigenvalue weighted by Crippen LogP contribution is -2.42. The zero-order valence-corrected chi connectivity index (χ0v) is 15.6. The fraction of sp³-hybridized carbons (Fsp3) is 0.500. The Balaban J connectivity index is 1.72. The van der Waals surface area contributed by atoms with Crippen molar-refractivity contribution in [3.8, 4) is 5.75 Å². The molecule has 0 spiro atoms. The Morgan fingerprint density at radius 1 is 1.27 bits per heavy atom. The molecule has 0 aliphatic heterocycles. The third kappa shape index (κ3) is 6.02. The summed E-state index contributed by atoms with van der Waals surface area (Å²) in [6.45, 7) is 6.97. The van der Waals surface area contributed by atoms with E-state index in [1.165, 1.54) is 6.07 Å². The number of ether oxygens (including phenoxy) is 1. The molecule has 0 radical (unpaired) electrons. The highest BCUT2D eigenvalue weighted by Crippen LogP contribution is 2.16. The second-order valence-electron chi connectivity index (χ2n) is 6.19. The molecule has 2 aromatic rings. The number of hydrogen-bond acceptors (Lipinski definition) is 5. The number of rotatable bonds is 8. The van der Waals surface area contributed by atoms with Crippen molar-refractivity contribution in [3.63, 3.8) is 0 Å². The first-order valence-electron chi connectivity index (χ1n) is 8.67. The van der Waals surface area contributed by atoms with E-state index >= 15 is 0 Å². The molecular weight excluding hydrogens is 337 g/mol. The molecule has 8 heteroatoms. The molecule has 1 unspecified atom stereocenters. The average molecular weight is 363 g/mol. The Kier molecular flexibility index (Phi) is 7.37. The minimum Gasteiger partial charge on any atom is -0.486 e. The number of aromatic nitrogens is 2. The lowest BCUT2D eigenvalue weighted by molar-refractivity contribution is 0.214. The number of aliphatic imine (C=N–C) groups is 1. The van der Waals surface area contributed by atoms with E-state index in [0.717, 1.165) is 0 Å². The molecule has 0 saturated carbocycles. The van der Waals surface area contributed by atoms with Gasteiger partial charge in [-0.25, -0.2) is 4.39 Å². The highest BCUT2D eigenvalue weighted by Gasteiger charge is 2.11. The van der Waals surface area contributed by atoms with Crippen molar-refractivity contribution in [1.29, 1.82) is 0 Å². The summed E-state index contributed by atoms with van der Waals surface area (Å²) in [5, 5.41) is 10.2. The summed E-state index contributed by atoms with van der Waals surface area (Å²) in [4.78, 5) is 8.48. The lowest BCUT2D eigenvalue weighted by atomic mass is 10.2. The Morgan fingerprint density at radius 2 is 2.04 bits per heavy atom. The fourth-order valence-electron chi connectivity index (χ4n) is 2.15. The van der Waals surface area contributed by atoms with Crippen LogP contribution in [0.15, 0.2) is 33.8 Å². The third-order valence-corrected chi connectivity index (χ3v) is 3.58. The largest absolute Gasteiger partial charge is 0.486 e. The quantitative estimate of drug-likeness (QED) is 0.554. The van der Waals surface area contributed by atoms with Gasteiger partial charge in [0.1, 0.15) is 6.10 Å². The van der Waals surface area contributed by atoms with E-state index in [0.29, 0.717) is 37.2 Å². The second kappa shape index (κ2) is 9.74. The molecular formula is C18H26FN5O2. The molecule has 26 heavy (non-hydrogen) atoms. The smallest absolute Gasteiger partial charge is 0.228 e. The van der Waals surface area contributed by atoms with Gasteiger partial charge in [-0.2, -0.15) is 4.98 Å². The molecule has 1 aromatic carbocycles. The van der Waals surface area contributed by atoms with Crippen LogP contribution in [0.5, 0.6) is 5.75 Å². The lowest BCUT2D eigenvalue weighted by Gasteiger charge is -2.17. The first-order valence-corrected chi connectivity index (χ1v) is 8.67. The van der Waals surface area contributed by atoms with E-state index in [4.69, 9.17) is 9.26 Å². The Hall–Kier alpha value is -2.64. The van der Waals surface area contributed by atoms with Crippen molar-refractivity contribution in [3.05, 3.63) is 41.8 Å². The molecule has 0 bridgehead atoms. The summed E-state index contributed by atoms with van der Waals surface area (Å²) in [6, 6.07) is 6.35. The van der Waals surface area contributed by atoms with Crippen molar-refractivity contribution < 1.29 is 13.7 Å². The zero-order valence-electron chi connectivity index (χ0n) is 15.6. The van der Waals surface area contributed by atoms with Gasteiger partial charge in [-0.3, -0.25) is 4.99 Å². The van der Waals surface area contributed by atoms with Gasteiger partial charge in [-0.1, -0.05) is 31.1 Å². The predicted octanol–water partition coefficient (Wildman–Crippen LogP) is 2.51. The van der Waals surface area contributed by atoms with E-state index in [2.05, 4.69) is 25.8 Å². The highest BCUT2D eigenvalue weighted by molar-refractivity contribution is 5.79. The predicted molar refractivity (Wildman–Crippen MR) is 97.9 cm³/mol. The summed E-state index contributed by atoms with van der Waals surface area (Å²) in [5.41, 5.74) is 0. The number of hydrogen-bond donors (Lipinski definition) is 2. The zero-order chi connectivity index (χ0) is 18.9. The second-order valence-corrected chi connectivity index (χ2v) is 6.19. The van der Waals surface area contributed by atoms with Crippen LogP contribution in [0.1, 0.15) is 38.4 Å². The molecule has 0 aliphatic rings. The van der Waals surface area contributed by atoms with Gasteiger partial charge >= 0.3 is 0 Å². The maximum Gasteiger partial charge on any atom is 0.228 e. The van der Waals surface area contributed by atoms with Crippen LogP contribution in [-0.2, 0) is 6.42 Å². The third-order valence-electron chi connectivity index (χ3n) is 3.58. The summed E-state index contributed by atoms with van der Waals surface area (Å²) >= 11 is 0. The van der Waals surface area contributed by atoms with E-state index in [1.54, 1.807) is 25.2 Å². The minimum atomic E-state index is -0.373. The summed E-state index contributed by atoms with van der Waals surface area (Å²) in [6.07, 6.45) is 0.372. The number of nitrogens with one attached hydrogen (secondary N) is 2. The maximum atomic E-state index is 13.6. The van der Waals surface area contributed by atoms with Crippen LogP contribution in [0, 0.1) is 5.82 Å². The first kappa shape index (κ1) is 19.7. The van der Waals surface area contributed by atoms with Gasteiger partial charge in [0.2, 0.25) is 5.89 Å². The normalized spacial score (nSPS) is 12.9. The molecule has 0 fully saturated rings. The number of para-hydroxylation sites is 1. The summed E-state index contributed by atoms with van der Waals surface area (Å²) in [5.74, 6) is 2.03. The first-order chi connectivity index (χ1) is 12.5. The molecule has 0 aliphatic carbocycles. The molecule has 142 valence electrons. The number of benzene rings is 1. The van der Waals surface area contributed by atoms with E-state index in [9.17, 15) is 4.39 Å². The number of guanidine groups is 1. The average Bonchev–Trinajstić information content (AvgIpc) is 3.09. The van der Waals surface area contributed by atoms with Crippen molar-refractivity contribution in [1.82, 2.24) is 20.8 Å². The van der Waals surface area contributed by atoms with Crippen LogP contribution in [0.2, 0.25) is 0 Å². The molecule has 0 saturated heterocycles. The summed E-state index contributed by atoms with van der Waals surface area (Å²) < 4.78 is 24.4. The van der Waals surface area contributed by atoms with Crippen molar-refractivity contribution in [2.75, 3.05) is 20.1 Å². The van der Waals surface area contributed by atoms with Crippen LogP contribution in [0.25, 0.3) is 0 Å². The Labute approximate surface area is 153 Å². The van der Waals surface area contributed by atoms with Crippen molar-refractivity contribution in [2.24, 2.45) is 4.99 Å². The van der Waals surface area contributed by atoms with Gasteiger partial charge in [0.25, 0.3) is 0 Å². The SMILES string of the molecule is CN=C(NCCc1nc(C(C)C)no1)NCC(C)Oc1ccccc1F. The molecule has 0 amide bonds. The molecule has 2 rings (SSSR count). The highest BCUT2D eigenvalue weighted by atomic mass is 19.1. The minimum absolute atomic E-state index is 0.227. The molecule has 1 atom stereocenters. The van der Waals surface area contributed by atoms with Crippen molar-refractivity contribution >= 4 is 5.96 Å². The monoisotopic (exact) mass is 363 g/mol. The summed E-state index contributed by atoms with van der Waals surface area (Å²) in [7, 11) is 1.68. The van der Waals surface area contributed by atoms with Crippen LogP contribution in [0.4, 0.5) is 4.39 Å². The van der Waals surface area contributed by atoms with Gasteiger partial charge in [0.15, 0.2) is 23.4 Å². The van der Waals surface area contributed by atoms with E-state index in [-0.39, 0.29) is 23.6 Å². The van der Waals surface area contributed by atoms with Gasteiger partial charge in [-0.05, 0) is 19.1 Å². The Morgan fingerprint density at radius 3 is 2.69 bits per heavy atom. The molecule has 1 aromatic heterocycles. The van der Waals surface area contributed by atoms with Gasteiger partial charge < -0.3 is 19.9 Å². The molecule has 1 heterocycles. The van der Waals surface area contributed by atoms with Crippen LogP contribution < -0.4 is 15.4 Å². The fourth-order valence-corrected chi connectivity index (χ4v) is 2.15. The van der Waals surface area contributed by atoms with Crippen LogP contribution >= 0.6 is 0 Å². The van der Waals surface area contributed by atoms with Gasteiger partial charge in [0, 0.05) is 25.9 Å². The standard InChI is InChI=1S/C18H26FN5O2/c1-12(2)17-23-16(26-24-17)9-10-21-18(20-4)22-11-13(3)25-15-8-6-5-7-14(15)19/h5-8,12-13H,9-11H2,1-4H3,(H2,20,21,22). The van der Waals surface area contributed by atoms with E-state index in [1.807, 2.05) is 20.8 Å². The number of halogens is 1. The van der Waals surface area contributed by atoms with Gasteiger partial charge in [-0.15, -0.1) is 0 Å². The van der Waals surface area contributed by atoms with Gasteiger partial charge in [0.05, 0.1) is 6.54 Å². The van der Waals surface area contributed by atoms with Crippen LogP contribution in [0.3, 0.4) is 0 Å². The molecule has 7 nitrogen and oxygen atoms in total. The van der Waals surface area contributed by atoms with Crippen LogP contribution in [-0.4, -0.2) is 42.3 Å². The molecule has 2 N–H and O–H groups in total. The number of nitrogens with zero attached hydrogens (tertiary/aromatic N) is 3. The Bertz CT molecular complexity index is 717. The van der Waals surface area contributed by atoms with E-state index < -0.39 is 0 Å².